The van der Waals surface area contributed by atoms with E-state index in [0.717, 1.165) is 0 Å². The molecule has 1 aliphatic heterocycles. The van der Waals surface area contributed by atoms with Crippen molar-refractivity contribution >= 4 is 10.0 Å². The van der Waals surface area contributed by atoms with E-state index < -0.39 is 10.0 Å². The number of ether oxygens (including phenoxy) is 2. The lowest BCUT2D eigenvalue weighted by Crippen LogP contribution is -2.40. The number of hydrogen-bond acceptors (Lipinski definition) is 5. The van der Waals surface area contributed by atoms with E-state index in [0.29, 0.717) is 19.0 Å². The minimum absolute atomic E-state index is 0.00713. The van der Waals surface area contributed by atoms with Gasteiger partial charge in [0.1, 0.15) is 16.7 Å². The Hall–Kier alpha value is -2.40. The fourth-order valence-corrected chi connectivity index (χ4v) is 3.99. The number of sulfonamides is 1. The average Bonchev–Trinajstić information content (AvgIpc) is 2.63. The molecular weight excluding hydrogens is 328 g/mol. The largest absolute Gasteiger partial charge is 0.455 e. The van der Waals surface area contributed by atoms with Crippen molar-refractivity contribution in [1.29, 1.82) is 5.26 Å². The summed E-state index contributed by atoms with van der Waals surface area (Å²) in [6, 6.07) is 15.3. The molecule has 0 atom stereocenters. The van der Waals surface area contributed by atoms with Gasteiger partial charge in [0, 0.05) is 13.1 Å². The summed E-state index contributed by atoms with van der Waals surface area (Å²) in [5.41, 5.74) is 0.174. The second-order valence-electron chi connectivity index (χ2n) is 5.18. The van der Waals surface area contributed by atoms with Gasteiger partial charge in [-0.25, -0.2) is 8.42 Å². The van der Waals surface area contributed by atoms with Gasteiger partial charge >= 0.3 is 0 Å². The molecule has 7 heteroatoms. The molecule has 6 nitrogen and oxygen atoms in total. The Labute approximate surface area is 140 Å². The molecule has 2 aromatic carbocycles. The van der Waals surface area contributed by atoms with Gasteiger partial charge in [0.05, 0.1) is 18.8 Å². The first-order valence-electron chi connectivity index (χ1n) is 7.47. The third kappa shape index (κ3) is 3.26. The van der Waals surface area contributed by atoms with E-state index in [1.165, 1.54) is 16.4 Å². The van der Waals surface area contributed by atoms with Gasteiger partial charge in [-0.3, -0.25) is 0 Å². The highest BCUT2D eigenvalue weighted by atomic mass is 32.2. The van der Waals surface area contributed by atoms with Crippen molar-refractivity contribution in [2.45, 2.75) is 4.90 Å². The van der Waals surface area contributed by atoms with Crippen molar-refractivity contribution in [3.05, 3.63) is 54.1 Å². The summed E-state index contributed by atoms with van der Waals surface area (Å²) in [4.78, 5) is -0.00713. The first-order chi connectivity index (χ1) is 11.6. The molecule has 0 aliphatic carbocycles. The lowest BCUT2D eigenvalue weighted by atomic mass is 10.2. The molecule has 0 saturated carbocycles. The smallest absolute Gasteiger partial charge is 0.246 e. The van der Waals surface area contributed by atoms with Crippen molar-refractivity contribution in [3.63, 3.8) is 0 Å². The summed E-state index contributed by atoms with van der Waals surface area (Å²) in [6.45, 7) is 1.27. The Bertz CT molecular complexity index is 854. The van der Waals surface area contributed by atoms with E-state index in [1.54, 1.807) is 30.3 Å². The monoisotopic (exact) mass is 344 g/mol. The third-order valence-corrected chi connectivity index (χ3v) is 5.57. The van der Waals surface area contributed by atoms with Crippen LogP contribution in [0.15, 0.2) is 53.4 Å². The highest BCUT2D eigenvalue weighted by molar-refractivity contribution is 7.89. The van der Waals surface area contributed by atoms with Gasteiger partial charge in [-0.2, -0.15) is 9.57 Å². The number of morpholine rings is 1. The van der Waals surface area contributed by atoms with Crippen LogP contribution in [0, 0.1) is 11.3 Å². The maximum absolute atomic E-state index is 12.9. The van der Waals surface area contributed by atoms with E-state index in [2.05, 4.69) is 0 Å². The maximum atomic E-state index is 12.9. The predicted octanol–water partition coefficient (Wildman–Crippen LogP) is 2.37. The van der Waals surface area contributed by atoms with Gasteiger partial charge in [0.25, 0.3) is 0 Å². The number of nitrogens with zero attached hydrogens (tertiary/aromatic N) is 2. The molecule has 1 saturated heterocycles. The second kappa shape index (κ2) is 7.01. The summed E-state index contributed by atoms with van der Waals surface area (Å²) < 4.78 is 38.2. The summed E-state index contributed by atoms with van der Waals surface area (Å²) in [7, 11) is -3.77. The molecule has 0 spiro atoms. The molecule has 24 heavy (non-hydrogen) atoms. The Morgan fingerprint density at radius 3 is 2.42 bits per heavy atom. The van der Waals surface area contributed by atoms with Crippen molar-refractivity contribution < 1.29 is 17.9 Å². The summed E-state index contributed by atoms with van der Waals surface area (Å²) >= 11 is 0. The zero-order valence-electron chi connectivity index (χ0n) is 12.9. The van der Waals surface area contributed by atoms with Crippen LogP contribution in [0.25, 0.3) is 0 Å². The molecule has 0 amide bonds. The molecule has 0 N–H and O–H groups in total. The number of para-hydroxylation sites is 2. The van der Waals surface area contributed by atoms with Crippen LogP contribution >= 0.6 is 0 Å². The Balaban J connectivity index is 2.06. The highest BCUT2D eigenvalue weighted by Crippen LogP contribution is 2.34. The van der Waals surface area contributed by atoms with Crippen LogP contribution in [-0.2, 0) is 14.8 Å². The molecule has 124 valence electrons. The van der Waals surface area contributed by atoms with Gasteiger partial charge in [0.2, 0.25) is 10.0 Å². The fraction of sp³-hybridized carbons (Fsp3) is 0.235. The van der Waals surface area contributed by atoms with E-state index in [-0.39, 0.29) is 29.3 Å². The van der Waals surface area contributed by atoms with Crippen LogP contribution < -0.4 is 4.74 Å². The topological polar surface area (TPSA) is 79.6 Å². The molecule has 2 aromatic rings. The zero-order valence-corrected chi connectivity index (χ0v) is 13.7. The molecule has 1 heterocycles. The average molecular weight is 344 g/mol. The number of benzene rings is 2. The lowest BCUT2D eigenvalue weighted by Gasteiger charge is -2.27. The lowest BCUT2D eigenvalue weighted by molar-refractivity contribution is 0.0730. The van der Waals surface area contributed by atoms with Crippen LogP contribution in [0.2, 0.25) is 0 Å². The Morgan fingerprint density at radius 2 is 1.75 bits per heavy atom. The zero-order chi connectivity index (χ0) is 17.0. The van der Waals surface area contributed by atoms with Crippen LogP contribution in [0.5, 0.6) is 11.5 Å². The summed E-state index contributed by atoms with van der Waals surface area (Å²) in [6.07, 6.45) is 0. The normalized spacial score (nSPS) is 15.6. The number of nitriles is 1. The highest BCUT2D eigenvalue weighted by Gasteiger charge is 2.30. The summed E-state index contributed by atoms with van der Waals surface area (Å²) in [5, 5.41) is 9.34. The Kier molecular flexibility index (Phi) is 4.81. The van der Waals surface area contributed by atoms with Gasteiger partial charge in [-0.15, -0.1) is 0 Å². The molecule has 0 radical (unpaired) electrons. The van der Waals surface area contributed by atoms with Gasteiger partial charge in [0.15, 0.2) is 5.75 Å². The minimum Gasteiger partial charge on any atom is -0.455 e. The van der Waals surface area contributed by atoms with Crippen LogP contribution in [-0.4, -0.2) is 39.0 Å². The molecule has 1 fully saturated rings. The Morgan fingerprint density at radius 1 is 1.04 bits per heavy atom. The molecule has 0 aromatic heterocycles. The van der Waals surface area contributed by atoms with Gasteiger partial charge in [-0.1, -0.05) is 24.3 Å². The maximum Gasteiger partial charge on any atom is 0.246 e. The van der Waals surface area contributed by atoms with Crippen LogP contribution in [0.3, 0.4) is 0 Å². The third-order valence-electron chi connectivity index (χ3n) is 3.65. The number of hydrogen-bond donors (Lipinski definition) is 0. The van der Waals surface area contributed by atoms with Crippen molar-refractivity contribution in [1.82, 2.24) is 4.31 Å². The molecule has 0 unspecified atom stereocenters. The molecular formula is C17H16N2O4S. The predicted molar refractivity (Wildman–Crippen MR) is 87.3 cm³/mol. The van der Waals surface area contributed by atoms with Crippen molar-refractivity contribution in [2.24, 2.45) is 0 Å². The quantitative estimate of drug-likeness (QED) is 0.851. The van der Waals surface area contributed by atoms with Gasteiger partial charge in [-0.05, 0) is 24.3 Å². The minimum atomic E-state index is -3.77. The van der Waals surface area contributed by atoms with Crippen molar-refractivity contribution in [3.8, 4) is 17.6 Å². The first-order valence-corrected chi connectivity index (χ1v) is 8.91. The van der Waals surface area contributed by atoms with Crippen molar-refractivity contribution in [2.75, 3.05) is 26.3 Å². The SMILES string of the molecule is N#Cc1cccc(S(=O)(=O)N2CCOCC2)c1Oc1ccccc1. The van der Waals surface area contributed by atoms with Gasteiger partial charge < -0.3 is 9.47 Å². The second-order valence-corrected chi connectivity index (χ2v) is 7.08. The van der Waals surface area contributed by atoms with Crippen LogP contribution in [0.4, 0.5) is 0 Å². The summed E-state index contributed by atoms with van der Waals surface area (Å²) in [5.74, 6) is 0.524. The fourth-order valence-electron chi connectivity index (χ4n) is 2.44. The van der Waals surface area contributed by atoms with Crippen LogP contribution in [0.1, 0.15) is 5.56 Å². The first kappa shape index (κ1) is 16.5. The molecule has 0 bridgehead atoms. The standard InChI is InChI=1S/C17H16N2O4S/c18-13-14-5-4-8-16(17(14)23-15-6-2-1-3-7-15)24(20,21)19-9-11-22-12-10-19/h1-8H,9-12H2. The molecule has 1 aliphatic rings. The van der Waals surface area contributed by atoms with E-state index in [9.17, 15) is 13.7 Å². The number of rotatable bonds is 4. The molecule has 3 rings (SSSR count). The van der Waals surface area contributed by atoms with E-state index >= 15 is 0 Å². The van der Waals surface area contributed by atoms with E-state index in [1.807, 2.05) is 12.1 Å². The van der Waals surface area contributed by atoms with E-state index in [4.69, 9.17) is 9.47 Å².